The van der Waals surface area contributed by atoms with E-state index in [1.54, 1.807) is 12.2 Å². The Morgan fingerprint density at radius 1 is 1.27 bits per heavy atom. The third-order valence-corrected chi connectivity index (χ3v) is 2.55. The summed E-state index contributed by atoms with van der Waals surface area (Å²) in [7, 11) is 0. The molecule has 0 N–H and O–H groups in total. The maximum atomic E-state index is 5.62. The first-order chi connectivity index (χ1) is 7.24. The Bertz CT molecular complexity index is 503. The molecule has 1 rings (SSSR count). The van der Waals surface area contributed by atoms with E-state index in [2.05, 4.69) is 35.7 Å². The lowest BCUT2D eigenvalue weighted by Gasteiger charge is -1.86. The van der Waals surface area contributed by atoms with Crippen LogP contribution in [0.4, 0.5) is 0 Å². The summed E-state index contributed by atoms with van der Waals surface area (Å²) in [4.78, 5) is 0. The highest BCUT2D eigenvalue weighted by molar-refractivity contribution is 14.1. The first-order valence-corrected chi connectivity index (χ1v) is 5.80. The lowest BCUT2D eigenvalue weighted by atomic mass is 10.2. The SMILES string of the molecule is C=C/C=C\c1c(C)oc(=C/I)/c1=C\C=C. The lowest BCUT2D eigenvalue weighted by molar-refractivity contribution is 0.502. The van der Waals surface area contributed by atoms with Gasteiger partial charge in [0.15, 0.2) is 0 Å². The van der Waals surface area contributed by atoms with Crippen LogP contribution in [0.5, 0.6) is 0 Å². The van der Waals surface area contributed by atoms with E-state index in [1.807, 2.05) is 29.2 Å². The average molecular weight is 312 g/mol. The fraction of sp³-hybridized carbons (Fsp3) is 0.0769. The molecule has 2 heteroatoms. The zero-order valence-corrected chi connectivity index (χ0v) is 10.8. The first-order valence-electron chi connectivity index (χ1n) is 4.56. The van der Waals surface area contributed by atoms with Gasteiger partial charge in [-0.2, -0.15) is 0 Å². The maximum Gasteiger partial charge on any atom is 0.140 e. The van der Waals surface area contributed by atoms with Crippen LogP contribution in [-0.2, 0) is 0 Å². The van der Waals surface area contributed by atoms with E-state index in [0.29, 0.717) is 0 Å². The Kier molecular flexibility index (Phi) is 4.62. The molecule has 0 unspecified atom stereocenters. The number of allylic oxidation sites excluding steroid dienone is 3. The van der Waals surface area contributed by atoms with E-state index < -0.39 is 0 Å². The number of rotatable bonds is 3. The van der Waals surface area contributed by atoms with E-state index in [1.165, 1.54) is 0 Å². The van der Waals surface area contributed by atoms with Crippen molar-refractivity contribution in [2.24, 2.45) is 0 Å². The normalized spacial score (nSPS) is 13.7. The van der Waals surface area contributed by atoms with Crippen molar-refractivity contribution in [1.29, 1.82) is 0 Å². The van der Waals surface area contributed by atoms with Gasteiger partial charge < -0.3 is 4.42 Å². The molecular weight excluding hydrogens is 299 g/mol. The van der Waals surface area contributed by atoms with Gasteiger partial charge in [-0.25, -0.2) is 0 Å². The van der Waals surface area contributed by atoms with E-state index in [9.17, 15) is 0 Å². The van der Waals surface area contributed by atoms with Crippen LogP contribution in [0, 0.1) is 6.92 Å². The topological polar surface area (TPSA) is 13.1 Å². The van der Waals surface area contributed by atoms with Crippen LogP contribution in [0.3, 0.4) is 0 Å². The van der Waals surface area contributed by atoms with Crippen molar-refractivity contribution in [3.05, 3.63) is 53.3 Å². The predicted octanol–water partition coefficient (Wildman–Crippen LogP) is 2.93. The minimum Gasteiger partial charge on any atom is -0.460 e. The molecule has 0 saturated heterocycles. The van der Waals surface area contributed by atoms with Gasteiger partial charge in [-0.1, -0.05) is 43.5 Å². The second kappa shape index (κ2) is 5.75. The Labute approximate surface area is 103 Å². The molecule has 1 heterocycles. The smallest absolute Gasteiger partial charge is 0.140 e. The molecule has 0 atom stereocenters. The molecule has 0 fully saturated rings. The summed E-state index contributed by atoms with van der Waals surface area (Å²) < 4.78 is 7.54. The average Bonchev–Trinajstić information content (AvgIpc) is 2.53. The van der Waals surface area contributed by atoms with Crippen molar-refractivity contribution in [1.82, 2.24) is 0 Å². The fourth-order valence-corrected chi connectivity index (χ4v) is 1.80. The molecule has 0 aliphatic carbocycles. The molecule has 78 valence electrons. The number of hydrogen-bond donors (Lipinski definition) is 0. The monoisotopic (exact) mass is 312 g/mol. The van der Waals surface area contributed by atoms with Crippen molar-refractivity contribution >= 4 is 38.8 Å². The Morgan fingerprint density at radius 3 is 2.53 bits per heavy atom. The predicted molar refractivity (Wildman–Crippen MR) is 75.1 cm³/mol. The lowest BCUT2D eigenvalue weighted by Crippen LogP contribution is -2.20. The molecule has 0 bridgehead atoms. The summed E-state index contributed by atoms with van der Waals surface area (Å²) in [6, 6.07) is 0. The van der Waals surface area contributed by atoms with Crippen molar-refractivity contribution in [2.45, 2.75) is 6.92 Å². The van der Waals surface area contributed by atoms with Crippen LogP contribution in [-0.4, -0.2) is 0 Å². The molecule has 15 heavy (non-hydrogen) atoms. The maximum absolute atomic E-state index is 5.62. The highest BCUT2D eigenvalue weighted by Gasteiger charge is 2.02. The number of hydrogen-bond acceptors (Lipinski definition) is 1. The molecule has 0 aromatic carbocycles. The molecule has 1 aromatic heterocycles. The van der Waals surface area contributed by atoms with E-state index >= 15 is 0 Å². The standard InChI is InChI=1S/C13H13IO/c1-4-6-8-11-10(3)15-13(9-14)12(11)7-5-2/h4-9H,1-2H2,3H3/b8-6-,12-7-,13-9+. The van der Waals surface area contributed by atoms with Crippen LogP contribution in [0.2, 0.25) is 0 Å². The largest absolute Gasteiger partial charge is 0.460 e. The van der Waals surface area contributed by atoms with Crippen LogP contribution in [0.25, 0.3) is 16.2 Å². The van der Waals surface area contributed by atoms with Crippen LogP contribution in [0.1, 0.15) is 11.3 Å². The van der Waals surface area contributed by atoms with Crippen molar-refractivity contribution in [2.75, 3.05) is 0 Å². The van der Waals surface area contributed by atoms with Gasteiger partial charge in [0.25, 0.3) is 0 Å². The van der Waals surface area contributed by atoms with Gasteiger partial charge in [-0.3, -0.25) is 0 Å². The summed E-state index contributed by atoms with van der Waals surface area (Å²) in [5.74, 6) is 0.907. The van der Waals surface area contributed by atoms with Gasteiger partial charge in [-0.15, -0.1) is 0 Å². The summed E-state index contributed by atoms with van der Waals surface area (Å²) in [5.41, 5.74) is 1.95. The number of furan rings is 1. The summed E-state index contributed by atoms with van der Waals surface area (Å²) in [6.07, 6.45) is 9.35. The highest BCUT2D eigenvalue weighted by atomic mass is 127. The van der Waals surface area contributed by atoms with Crippen molar-refractivity contribution < 1.29 is 4.42 Å². The molecule has 1 aromatic rings. The second-order valence-electron chi connectivity index (χ2n) is 2.96. The van der Waals surface area contributed by atoms with Gasteiger partial charge in [0, 0.05) is 14.9 Å². The Balaban J connectivity index is 3.56. The molecule has 0 spiro atoms. The molecule has 1 nitrogen and oxygen atoms in total. The first kappa shape index (κ1) is 12.0. The quantitative estimate of drug-likeness (QED) is 0.618. The minimum atomic E-state index is 0.872. The van der Waals surface area contributed by atoms with Crippen LogP contribution >= 0.6 is 22.6 Å². The third kappa shape index (κ3) is 2.72. The number of aryl methyl sites for hydroxylation is 1. The second-order valence-corrected chi connectivity index (χ2v) is 3.58. The van der Waals surface area contributed by atoms with Crippen LogP contribution in [0.15, 0.2) is 35.8 Å². The molecule has 0 saturated carbocycles. The zero-order chi connectivity index (χ0) is 11.3. The van der Waals surface area contributed by atoms with Gasteiger partial charge in [0.2, 0.25) is 0 Å². The van der Waals surface area contributed by atoms with Gasteiger partial charge in [0.1, 0.15) is 11.2 Å². The van der Waals surface area contributed by atoms with Gasteiger partial charge in [0.05, 0.1) is 0 Å². The summed E-state index contributed by atoms with van der Waals surface area (Å²) in [5, 5.41) is 1.06. The molecule has 0 radical (unpaired) electrons. The van der Waals surface area contributed by atoms with Crippen molar-refractivity contribution in [3.8, 4) is 0 Å². The van der Waals surface area contributed by atoms with Gasteiger partial charge in [-0.05, 0) is 29.5 Å². The molecule has 0 aliphatic heterocycles. The van der Waals surface area contributed by atoms with Crippen LogP contribution < -0.4 is 10.6 Å². The molecule has 0 amide bonds. The summed E-state index contributed by atoms with van der Waals surface area (Å²) >= 11 is 2.17. The minimum absolute atomic E-state index is 0.872. The third-order valence-electron chi connectivity index (χ3n) is 1.98. The highest BCUT2D eigenvalue weighted by Crippen LogP contribution is 2.03. The van der Waals surface area contributed by atoms with E-state index in [-0.39, 0.29) is 0 Å². The van der Waals surface area contributed by atoms with E-state index in [4.69, 9.17) is 4.42 Å². The molecule has 0 aliphatic rings. The summed E-state index contributed by atoms with van der Waals surface area (Å²) in [6.45, 7) is 9.31. The van der Waals surface area contributed by atoms with Gasteiger partial charge >= 0.3 is 0 Å². The fourth-order valence-electron chi connectivity index (χ4n) is 1.34. The Morgan fingerprint density at radius 2 is 2.00 bits per heavy atom. The zero-order valence-electron chi connectivity index (χ0n) is 8.66. The molecular formula is C13H13IO. The van der Waals surface area contributed by atoms with Crippen molar-refractivity contribution in [3.63, 3.8) is 0 Å². The Hall–Kier alpha value is -1.03. The number of halogens is 1. The van der Waals surface area contributed by atoms with E-state index in [0.717, 1.165) is 22.0 Å².